The molecule has 2 aromatic carbocycles. The lowest BCUT2D eigenvalue weighted by Crippen LogP contribution is -2.31. The minimum atomic E-state index is -0.133. The molecule has 0 aliphatic rings. The van der Waals surface area contributed by atoms with Crippen LogP contribution < -0.4 is 9.64 Å². The molecule has 0 N–H and O–H groups in total. The van der Waals surface area contributed by atoms with Gasteiger partial charge in [0.05, 0.1) is 5.02 Å². The lowest BCUT2D eigenvalue weighted by atomic mass is 10.3. The molecular formula is C15H14ClNO2. The molecule has 1 amide bonds. The number of para-hydroxylation sites is 2. The van der Waals surface area contributed by atoms with Crippen molar-refractivity contribution in [2.45, 2.75) is 0 Å². The molecule has 0 radical (unpaired) electrons. The summed E-state index contributed by atoms with van der Waals surface area (Å²) in [7, 11) is 1.72. The van der Waals surface area contributed by atoms with Crippen LogP contribution in [-0.2, 0) is 4.79 Å². The average molecular weight is 276 g/mol. The van der Waals surface area contributed by atoms with Crippen molar-refractivity contribution < 1.29 is 9.53 Å². The van der Waals surface area contributed by atoms with Crippen molar-refractivity contribution >= 4 is 23.2 Å². The van der Waals surface area contributed by atoms with Gasteiger partial charge in [0, 0.05) is 12.7 Å². The number of nitrogens with zero attached hydrogens (tertiary/aromatic N) is 1. The van der Waals surface area contributed by atoms with Crippen LogP contribution in [0.2, 0.25) is 5.02 Å². The molecule has 0 saturated heterocycles. The van der Waals surface area contributed by atoms with E-state index in [0.29, 0.717) is 10.8 Å². The Labute approximate surface area is 117 Å². The van der Waals surface area contributed by atoms with Crippen molar-refractivity contribution in [1.82, 2.24) is 0 Å². The van der Waals surface area contributed by atoms with Crippen LogP contribution in [0.5, 0.6) is 5.75 Å². The minimum absolute atomic E-state index is 0.0465. The maximum atomic E-state index is 12.0. The van der Waals surface area contributed by atoms with Gasteiger partial charge in [0.1, 0.15) is 5.75 Å². The van der Waals surface area contributed by atoms with Crippen LogP contribution in [0.4, 0.5) is 5.69 Å². The SMILES string of the molecule is CN(C(=O)COc1ccccc1Cl)c1ccccc1. The largest absolute Gasteiger partial charge is 0.482 e. The average Bonchev–Trinajstić information content (AvgIpc) is 2.46. The van der Waals surface area contributed by atoms with Crippen LogP contribution in [0.15, 0.2) is 54.6 Å². The predicted molar refractivity (Wildman–Crippen MR) is 76.8 cm³/mol. The molecule has 4 heteroatoms. The second kappa shape index (κ2) is 6.25. The van der Waals surface area contributed by atoms with Gasteiger partial charge in [-0.3, -0.25) is 4.79 Å². The highest BCUT2D eigenvalue weighted by atomic mass is 35.5. The Morgan fingerprint density at radius 2 is 1.74 bits per heavy atom. The number of benzene rings is 2. The van der Waals surface area contributed by atoms with Crippen LogP contribution in [-0.4, -0.2) is 19.6 Å². The van der Waals surface area contributed by atoms with Gasteiger partial charge in [-0.05, 0) is 24.3 Å². The Morgan fingerprint density at radius 1 is 1.11 bits per heavy atom. The second-order valence-corrected chi connectivity index (χ2v) is 4.41. The van der Waals surface area contributed by atoms with E-state index in [-0.39, 0.29) is 12.5 Å². The zero-order valence-electron chi connectivity index (χ0n) is 10.5. The van der Waals surface area contributed by atoms with E-state index >= 15 is 0 Å². The van der Waals surface area contributed by atoms with E-state index in [2.05, 4.69) is 0 Å². The summed E-state index contributed by atoms with van der Waals surface area (Å²) in [6.07, 6.45) is 0. The van der Waals surface area contributed by atoms with Crippen LogP contribution in [0, 0.1) is 0 Å². The van der Waals surface area contributed by atoms with Gasteiger partial charge in [-0.1, -0.05) is 41.9 Å². The molecule has 0 bridgehead atoms. The Bertz CT molecular complexity index is 557. The van der Waals surface area contributed by atoms with E-state index in [1.54, 1.807) is 24.1 Å². The van der Waals surface area contributed by atoms with E-state index in [1.807, 2.05) is 42.5 Å². The Morgan fingerprint density at radius 3 is 2.42 bits per heavy atom. The summed E-state index contributed by atoms with van der Waals surface area (Å²) < 4.78 is 5.42. The first-order valence-corrected chi connectivity index (χ1v) is 6.25. The number of ether oxygens (including phenoxy) is 1. The van der Waals surface area contributed by atoms with Crippen molar-refractivity contribution in [1.29, 1.82) is 0 Å². The maximum absolute atomic E-state index is 12.0. The number of amides is 1. The molecule has 0 fully saturated rings. The van der Waals surface area contributed by atoms with Gasteiger partial charge >= 0.3 is 0 Å². The second-order valence-electron chi connectivity index (χ2n) is 4.01. The van der Waals surface area contributed by atoms with Gasteiger partial charge in [0.25, 0.3) is 5.91 Å². The van der Waals surface area contributed by atoms with Crippen molar-refractivity contribution in [3.8, 4) is 5.75 Å². The van der Waals surface area contributed by atoms with Gasteiger partial charge in [-0.2, -0.15) is 0 Å². The monoisotopic (exact) mass is 275 g/mol. The molecule has 0 unspecified atom stereocenters. The fourth-order valence-electron chi connectivity index (χ4n) is 1.59. The molecule has 0 aliphatic heterocycles. The van der Waals surface area contributed by atoms with Crippen molar-refractivity contribution in [2.75, 3.05) is 18.6 Å². The quantitative estimate of drug-likeness (QED) is 0.856. The van der Waals surface area contributed by atoms with Crippen molar-refractivity contribution in [3.05, 3.63) is 59.6 Å². The summed E-state index contributed by atoms with van der Waals surface area (Å²) in [5, 5.41) is 0.498. The molecule has 98 valence electrons. The Kier molecular flexibility index (Phi) is 4.42. The summed E-state index contributed by atoms with van der Waals surface area (Å²) >= 11 is 5.95. The number of hydrogen-bond donors (Lipinski definition) is 0. The van der Waals surface area contributed by atoms with Gasteiger partial charge < -0.3 is 9.64 Å². The van der Waals surface area contributed by atoms with Gasteiger partial charge in [-0.25, -0.2) is 0 Å². The number of carbonyl (C=O) groups is 1. The molecule has 0 atom stereocenters. The molecule has 3 nitrogen and oxygen atoms in total. The smallest absolute Gasteiger partial charge is 0.264 e. The summed E-state index contributed by atoms with van der Waals surface area (Å²) in [5.74, 6) is 0.380. The normalized spacial score (nSPS) is 10.0. The number of rotatable bonds is 4. The van der Waals surface area contributed by atoms with Crippen molar-refractivity contribution in [3.63, 3.8) is 0 Å². The number of anilines is 1. The summed E-state index contributed by atoms with van der Waals surface area (Å²) in [5.41, 5.74) is 0.829. The topological polar surface area (TPSA) is 29.5 Å². The lowest BCUT2D eigenvalue weighted by Gasteiger charge is -2.17. The van der Waals surface area contributed by atoms with Crippen LogP contribution in [0.3, 0.4) is 0 Å². The number of likely N-dealkylation sites (N-methyl/N-ethyl adjacent to an activating group) is 1. The molecular weight excluding hydrogens is 262 g/mol. The van der Waals surface area contributed by atoms with E-state index < -0.39 is 0 Å². The van der Waals surface area contributed by atoms with Crippen LogP contribution in [0.25, 0.3) is 0 Å². The molecule has 0 spiro atoms. The maximum Gasteiger partial charge on any atom is 0.264 e. The molecule has 19 heavy (non-hydrogen) atoms. The highest BCUT2D eigenvalue weighted by molar-refractivity contribution is 6.32. The van der Waals surface area contributed by atoms with Crippen LogP contribution >= 0.6 is 11.6 Å². The molecule has 2 rings (SSSR count). The third-order valence-electron chi connectivity index (χ3n) is 2.71. The molecule has 0 heterocycles. The first-order chi connectivity index (χ1) is 9.18. The first kappa shape index (κ1) is 13.4. The summed E-state index contributed by atoms with van der Waals surface area (Å²) in [6.45, 7) is -0.0465. The predicted octanol–water partition coefficient (Wildman–Crippen LogP) is 3.38. The highest BCUT2D eigenvalue weighted by Crippen LogP contribution is 2.23. The Hall–Kier alpha value is -2.00. The fourth-order valence-corrected chi connectivity index (χ4v) is 1.78. The third kappa shape index (κ3) is 3.48. The number of carbonyl (C=O) groups excluding carboxylic acids is 1. The zero-order chi connectivity index (χ0) is 13.7. The highest BCUT2D eigenvalue weighted by Gasteiger charge is 2.11. The van der Waals surface area contributed by atoms with E-state index in [0.717, 1.165) is 5.69 Å². The summed E-state index contributed by atoms with van der Waals surface area (Å²) in [6, 6.07) is 16.5. The van der Waals surface area contributed by atoms with E-state index in [4.69, 9.17) is 16.3 Å². The third-order valence-corrected chi connectivity index (χ3v) is 3.02. The van der Waals surface area contributed by atoms with Crippen molar-refractivity contribution in [2.24, 2.45) is 0 Å². The fraction of sp³-hybridized carbons (Fsp3) is 0.133. The van der Waals surface area contributed by atoms with Gasteiger partial charge in [-0.15, -0.1) is 0 Å². The lowest BCUT2D eigenvalue weighted by molar-refractivity contribution is -0.120. The molecule has 0 aliphatic carbocycles. The Balaban J connectivity index is 1.97. The number of halogens is 1. The standard InChI is InChI=1S/C15H14ClNO2/c1-17(12-7-3-2-4-8-12)15(18)11-19-14-10-6-5-9-13(14)16/h2-10H,11H2,1H3. The molecule has 0 aromatic heterocycles. The van der Waals surface area contributed by atoms with E-state index in [1.165, 1.54) is 0 Å². The summed E-state index contributed by atoms with van der Waals surface area (Å²) in [4.78, 5) is 13.5. The first-order valence-electron chi connectivity index (χ1n) is 5.87. The van der Waals surface area contributed by atoms with Gasteiger partial charge in [0.2, 0.25) is 0 Å². The number of hydrogen-bond acceptors (Lipinski definition) is 2. The van der Waals surface area contributed by atoms with Crippen LogP contribution in [0.1, 0.15) is 0 Å². The van der Waals surface area contributed by atoms with E-state index in [9.17, 15) is 4.79 Å². The zero-order valence-corrected chi connectivity index (χ0v) is 11.3. The molecule has 2 aromatic rings. The minimum Gasteiger partial charge on any atom is -0.482 e. The van der Waals surface area contributed by atoms with Gasteiger partial charge in [0.15, 0.2) is 6.61 Å². The molecule has 0 saturated carbocycles.